The summed E-state index contributed by atoms with van der Waals surface area (Å²) in [5, 5.41) is 0. The Kier molecular flexibility index (Phi) is 3.71. The Morgan fingerprint density at radius 2 is 2.05 bits per heavy atom. The van der Waals surface area contributed by atoms with Crippen molar-refractivity contribution in [2.75, 3.05) is 6.54 Å². The third-order valence-corrected chi connectivity index (χ3v) is 3.93. The van der Waals surface area contributed by atoms with Crippen LogP contribution in [0.25, 0.3) is 0 Å². The van der Waals surface area contributed by atoms with E-state index in [0.29, 0.717) is 6.54 Å². The van der Waals surface area contributed by atoms with Gasteiger partial charge in [0.15, 0.2) is 0 Å². The fraction of sp³-hybridized carbons (Fsp3) is 0.235. The Morgan fingerprint density at radius 3 is 2.81 bits per heavy atom. The van der Waals surface area contributed by atoms with Crippen molar-refractivity contribution in [1.82, 2.24) is 4.90 Å². The second kappa shape index (κ2) is 5.66. The Balaban J connectivity index is 1.91. The maximum absolute atomic E-state index is 13.3. The van der Waals surface area contributed by atoms with Gasteiger partial charge in [0.05, 0.1) is 0 Å². The van der Waals surface area contributed by atoms with Crippen LogP contribution in [0.1, 0.15) is 22.7 Å². The lowest BCUT2D eigenvalue weighted by atomic mass is 9.92. The molecule has 21 heavy (non-hydrogen) atoms. The van der Waals surface area contributed by atoms with Crippen molar-refractivity contribution in [1.29, 1.82) is 0 Å². The molecule has 0 radical (unpaired) electrons. The quantitative estimate of drug-likeness (QED) is 0.941. The van der Waals surface area contributed by atoms with E-state index in [4.69, 9.17) is 5.73 Å². The highest BCUT2D eigenvalue weighted by Gasteiger charge is 2.31. The minimum Gasteiger partial charge on any atom is -0.368 e. The molecule has 1 atom stereocenters. The molecule has 0 saturated heterocycles. The summed E-state index contributed by atoms with van der Waals surface area (Å²) in [5.74, 6) is -0.626. The molecule has 3 rings (SSSR count). The summed E-state index contributed by atoms with van der Waals surface area (Å²) in [6.07, 6.45) is 0.870. The largest absolute Gasteiger partial charge is 0.368 e. The first-order valence-electron chi connectivity index (χ1n) is 7.01. The maximum atomic E-state index is 13.3. The molecule has 3 nitrogen and oxygen atoms in total. The SMILES string of the molecule is NC(=O)C1c2ccccc2CCN1Cc1cccc(F)c1. The Bertz CT molecular complexity index is 671. The van der Waals surface area contributed by atoms with Gasteiger partial charge in [-0.25, -0.2) is 4.39 Å². The average molecular weight is 284 g/mol. The van der Waals surface area contributed by atoms with E-state index in [1.807, 2.05) is 35.2 Å². The number of hydrogen-bond donors (Lipinski definition) is 1. The van der Waals surface area contributed by atoms with Gasteiger partial charge in [0.1, 0.15) is 11.9 Å². The molecule has 1 unspecified atom stereocenters. The second-order valence-electron chi connectivity index (χ2n) is 5.35. The van der Waals surface area contributed by atoms with Gasteiger partial charge in [-0.1, -0.05) is 36.4 Å². The number of benzene rings is 2. The van der Waals surface area contributed by atoms with Gasteiger partial charge < -0.3 is 5.73 Å². The highest BCUT2D eigenvalue weighted by molar-refractivity contribution is 5.82. The predicted octanol–water partition coefficient (Wildman–Crippen LogP) is 2.41. The van der Waals surface area contributed by atoms with Gasteiger partial charge in [-0.05, 0) is 35.2 Å². The van der Waals surface area contributed by atoms with Crippen molar-refractivity contribution in [2.24, 2.45) is 5.73 Å². The molecule has 0 spiro atoms. The summed E-state index contributed by atoms with van der Waals surface area (Å²) in [7, 11) is 0. The van der Waals surface area contributed by atoms with Gasteiger partial charge >= 0.3 is 0 Å². The smallest absolute Gasteiger partial charge is 0.239 e. The van der Waals surface area contributed by atoms with Crippen LogP contribution < -0.4 is 5.73 Å². The molecule has 0 aliphatic carbocycles. The summed E-state index contributed by atoms with van der Waals surface area (Å²) in [6.45, 7) is 1.25. The van der Waals surface area contributed by atoms with Crippen LogP contribution in [0.3, 0.4) is 0 Å². The molecule has 2 aromatic carbocycles. The molecule has 0 bridgehead atoms. The summed E-state index contributed by atoms with van der Waals surface area (Å²) in [6, 6.07) is 13.9. The zero-order valence-electron chi connectivity index (χ0n) is 11.6. The number of primary amides is 1. The van der Waals surface area contributed by atoms with Gasteiger partial charge in [-0.15, -0.1) is 0 Å². The van der Waals surface area contributed by atoms with Crippen molar-refractivity contribution >= 4 is 5.91 Å². The monoisotopic (exact) mass is 284 g/mol. The zero-order chi connectivity index (χ0) is 14.8. The average Bonchev–Trinajstić information content (AvgIpc) is 2.46. The topological polar surface area (TPSA) is 46.3 Å². The van der Waals surface area contributed by atoms with E-state index in [1.165, 1.54) is 12.1 Å². The number of halogens is 1. The van der Waals surface area contributed by atoms with E-state index >= 15 is 0 Å². The Hall–Kier alpha value is -2.20. The summed E-state index contributed by atoms with van der Waals surface area (Å²) in [5.41, 5.74) is 8.58. The lowest BCUT2D eigenvalue weighted by Gasteiger charge is -2.35. The van der Waals surface area contributed by atoms with Crippen LogP contribution in [0.5, 0.6) is 0 Å². The molecule has 0 aromatic heterocycles. The summed E-state index contributed by atoms with van der Waals surface area (Å²) < 4.78 is 13.3. The van der Waals surface area contributed by atoms with Gasteiger partial charge in [0.25, 0.3) is 0 Å². The van der Waals surface area contributed by atoms with Crippen LogP contribution in [0.15, 0.2) is 48.5 Å². The second-order valence-corrected chi connectivity index (χ2v) is 5.35. The standard InChI is InChI=1S/C17H17FN2O/c18-14-6-3-4-12(10-14)11-20-9-8-13-5-1-2-7-15(13)16(20)17(19)21/h1-7,10,16H,8-9,11H2,(H2,19,21). The fourth-order valence-corrected chi connectivity index (χ4v) is 2.99. The highest BCUT2D eigenvalue weighted by atomic mass is 19.1. The number of rotatable bonds is 3. The molecular formula is C17H17FN2O. The van der Waals surface area contributed by atoms with Gasteiger partial charge in [0.2, 0.25) is 5.91 Å². The Morgan fingerprint density at radius 1 is 1.24 bits per heavy atom. The van der Waals surface area contributed by atoms with Crippen molar-refractivity contribution in [2.45, 2.75) is 19.0 Å². The molecule has 2 aromatic rings. The molecule has 1 heterocycles. The number of fused-ring (bicyclic) bond motifs is 1. The van der Waals surface area contributed by atoms with E-state index in [2.05, 4.69) is 0 Å². The van der Waals surface area contributed by atoms with E-state index in [9.17, 15) is 9.18 Å². The van der Waals surface area contributed by atoms with Gasteiger partial charge in [-0.3, -0.25) is 9.69 Å². The maximum Gasteiger partial charge on any atom is 0.239 e. The zero-order valence-corrected chi connectivity index (χ0v) is 11.6. The van der Waals surface area contributed by atoms with Crippen LogP contribution in [0.4, 0.5) is 4.39 Å². The molecule has 1 amide bonds. The van der Waals surface area contributed by atoms with E-state index in [1.54, 1.807) is 6.07 Å². The number of amides is 1. The molecular weight excluding hydrogens is 267 g/mol. The number of nitrogens with zero attached hydrogens (tertiary/aromatic N) is 1. The van der Waals surface area contributed by atoms with Crippen LogP contribution in [0, 0.1) is 5.82 Å². The van der Waals surface area contributed by atoms with Gasteiger partial charge in [0, 0.05) is 13.1 Å². The normalized spacial score (nSPS) is 18.2. The number of carbonyl (C=O) groups is 1. The third-order valence-electron chi connectivity index (χ3n) is 3.93. The van der Waals surface area contributed by atoms with E-state index in [0.717, 1.165) is 29.7 Å². The van der Waals surface area contributed by atoms with E-state index < -0.39 is 6.04 Å². The molecule has 0 saturated carbocycles. The number of carbonyl (C=O) groups excluding carboxylic acids is 1. The first kappa shape index (κ1) is 13.8. The van der Waals surface area contributed by atoms with Crippen molar-refractivity contribution in [3.8, 4) is 0 Å². The molecule has 1 aliphatic heterocycles. The van der Waals surface area contributed by atoms with Crippen LogP contribution >= 0.6 is 0 Å². The van der Waals surface area contributed by atoms with E-state index in [-0.39, 0.29) is 11.7 Å². The summed E-state index contributed by atoms with van der Waals surface area (Å²) >= 11 is 0. The van der Waals surface area contributed by atoms with Crippen molar-refractivity contribution in [3.63, 3.8) is 0 Å². The van der Waals surface area contributed by atoms with Crippen LogP contribution in [-0.2, 0) is 17.8 Å². The van der Waals surface area contributed by atoms with Gasteiger partial charge in [-0.2, -0.15) is 0 Å². The molecule has 2 N–H and O–H groups in total. The lowest BCUT2D eigenvalue weighted by molar-refractivity contribution is -0.124. The first-order chi connectivity index (χ1) is 10.1. The number of hydrogen-bond acceptors (Lipinski definition) is 2. The molecule has 1 aliphatic rings. The molecule has 4 heteroatoms. The Labute approximate surface area is 123 Å². The first-order valence-corrected chi connectivity index (χ1v) is 7.01. The van der Waals surface area contributed by atoms with Crippen molar-refractivity contribution in [3.05, 3.63) is 71.0 Å². The number of nitrogens with two attached hydrogens (primary N) is 1. The predicted molar refractivity (Wildman–Crippen MR) is 78.9 cm³/mol. The summed E-state index contributed by atoms with van der Waals surface area (Å²) in [4.78, 5) is 13.9. The minimum absolute atomic E-state index is 0.263. The van der Waals surface area contributed by atoms with Crippen LogP contribution in [-0.4, -0.2) is 17.4 Å². The third kappa shape index (κ3) is 2.81. The molecule has 108 valence electrons. The van der Waals surface area contributed by atoms with Crippen LogP contribution in [0.2, 0.25) is 0 Å². The minimum atomic E-state index is -0.446. The highest BCUT2D eigenvalue weighted by Crippen LogP contribution is 2.30. The lowest BCUT2D eigenvalue weighted by Crippen LogP contribution is -2.42. The van der Waals surface area contributed by atoms with Crippen molar-refractivity contribution < 1.29 is 9.18 Å². The fourth-order valence-electron chi connectivity index (χ4n) is 2.99. The molecule has 0 fully saturated rings.